The second kappa shape index (κ2) is 3.76. The third-order valence-electron chi connectivity index (χ3n) is 2.26. The second-order valence-electron chi connectivity index (χ2n) is 3.32. The zero-order chi connectivity index (χ0) is 10.8. The molecule has 15 heavy (non-hydrogen) atoms. The summed E-state index contributed by atoms with van der Waals surface area (Å²) in [5.41, 5.74) is 6.41. The number of rotatable bonds is 1. The fourth-order valence-corrected chi connectivity index (χ4v) is 1.52. The minimum absolute atomic E-state index is 0.371. The first-order chi connectivity index (χ1) is 7.18. The Morgan fingerprint density at radius 2 is 2.27 bits per heavy atom. The highest BCUT2D eigenvalue weighted by atomic mass is 19.1. The summed E-state index contributed by atoms with van der Waals surface area (Å²) < 4.78 is 17.8. The summed E-state index contributed by atoms with van der Waals surface area (Å²) in [6, 6.07) is 3.93. The van der Waals surface area contributed by atoms with Gasteiger partial charge in [0.1, 0.15) is 5.82 Å². The van der Waals surface area contributed by atoms with Crippen LogP contribution in [-0.2, 0) is 4.74 Å². The second-order valence-corrected chi connectivity index (χ2v) is 3.32. The number of hydrogen-bond donors (Lipinski definition) is 1. The summed E-state index contributed by atoms with van der Waals surface area (Å²) in [5, 5.41) is 0. The van der Waals surface area contributed by atoms with Gasteiger partial charge >= 0.3 is 6.09 Å². The van der Waals surface area contributed by atoms with Gasteiger partial charge in [0.15, 0.2) is 0 Å². The summed E-state index contributed by atoms with van der Waals surface area (Å²) >= 11 is 0. The zero-order valence-corrected chi connectivity index (χ0v) is 8.07. The minimum atomic E-state index is -0.474. The lowest BCUT2D eigenvalue weighted by atomic mass is 10.2. The van der Waals surface area contributed by atoms with E-state index in [4.69, 9.17) is 10.5 Å². The summed E-state index contributed by atoms with van der Waals surface area (Å²) in [4.78, 5) is 12.7. The maximum Gasteiger partial charge on any atom is 0.414 e. The Morgan fingerprint density at radius 1 is 1.47 bits per heavy atom. The van der Waals surface area contributed by atoms with Gasteiger partial charge in [-0.15, -0.1) is 0 Å². The third-order valence-corrected chi connectivity index (χ3v) is 2.26. The van der Waals surface area contributed by atoms with Crippen molar-refractivity contribution in [2.75, 3.05) is 23.8 Å². The molecule has 0 spiro atoms. The van der Waals surface area contributed by atoms with E-state index in [9.17, 15) is 9.18 Å². The SMILES string of the molecule is Nc1ccc(F)cc1N1CCCOC1=O. The molecular formula is C10H11FN2O2. The first-order valence-electron chi connectivity index (χ1n) is 4.68. The van der Waals surface area contributed by atoms with Crippen LogP contribution < -0.4 is 10.6 Å². The van der Waals surface area contributed by atoms with Gasteiger partial charge in [-0.1, -0.05) is 0 Å². The highest BCUT2D eigenvalue weighted by molar-refractivity contribution is 5.92. The highest BCUT2D eigenvalue weighted by Crippen LogP contribution is 2.26. The molecule has 1 aromatic carbocycles. The smallest absolute Gasteiger partial charge is 0.414 e. The van der Waals surface area contributed by atoms with Gasteiger partial charge in [0.05, 0.1) is 18.0 Å². The van der Waals surface area contributed by atoms with Crippen LogP contribution in [0.2, 0.25) is 0 Å². The average molecular weight is 210 g/mol. The first kappa shape index (κ1) is 9.76. The van der Waals surface area contributed by atoms with Gasteiger partial charge in [-0.25, -0.2) is 9.18 Å². The Morgan fingerprint density at radius 3 is 3.00 bits per heavy atom. The lowest BCUT2D eigenvalue weighted by molar-refractivity contribution is 0.140. The van der Waals surface area contributed by atoms with E-state index in [0.717, 1.165) is 6.42 Å². The largest absolute Gasteiger partial charge is 0.449 e. The molecule has 5 heteroatoms. The van der Waals surface area contributed by atoms with E-state index < -0.39 is 11.9 Å². The van der Waals surface area contributed by atoms with Gasteiger partial charge < -0.3 is 10.5 Å². The molecule has 1 fully saturated rings. The van der Waals surface area contributed by atoms with E-state index in [1.165, 1.54) is 23.1 Å². The molecule has 80 valence electrons. The lowest BCUT2D eigenvalue weighted by Crippen LogP contribution is -2.38. The van der Waals surface area contributed by atoms with E-state index in [0.29, 0.717) is 24.5 Å². The molecule has 0 atom stereocenters. The third kappa shape index (κ3) is 1.86. The van der Waals surface area contributed by atoms with Gasteiger partial charge in [0, 0.05) is 6.54 Å². The number of cyclic esters (lactones) is 1. The monoisotopic (exact) mass is 210 g/mol. The van der Waals surface area contributed by atoms with Crippen molar-refractivity contribution in [2.45, 2.75) is 6.42 Å². The van der Waals surface area contributed by atoms with Crippen molar-refractivity contribution in [3.05, 3.63) is 24.0 Å². The Labute approximate surface area is 86.4 Å². The van der Waals surface area contributed by atoms with Gasteiger partial charge in [-0.05, 0) is 24.6 Å². The fourth-order valence-electron chi connectivity index (χ4n) is 1.52. The fraction of sp³-hybridized carbons (Fsp3) is 0.300. The molecule has 1 heterocycles. The molecule has 4 nitrogen and oxygen atoms in total. The Balaban J connectivity index is 2.34. The molecule has 1 saturated heterocycles. The molecule has 1 amide bonds. The topological polar surface area (TPSA) is 55.6 Å². The molecule has 0 bridgehead atoms. The number of nitrogen functional groups attached to an aromatic ring is 1. The van der Waals surface area contributed by atoms with Crippen LogP contribution in [0.25, 0.3) is 0 Å². The van der Waals surface area contributed by atoms with Crippen molar-refractivity contribution >= 4 is 17.5 Å². The molecule has 0 saturated carbocycles. The van der Waals surface area contributed by atoms with Crippen LogP contribution in [-0.4, -0.2) is 19.2 Å². The summed E-state index contributed by atoms with van der Waals surface area (Å²) in [6.07, 6.45) is 0.250. The molecule has 2 rings (SSSR count). The van der Waals surface area contributed by atoms with Crippen LogP contribution in [0.3, 0.4) is 0 Å². The van der Waals surface area contributed by atoms with Crippen molar-refractivity contribution in [1.29, 1.82) is 0 Å². The van der Waals surface area contributed by atoms with E-state index >= 15 is 0 Å². The van der Waals surface area contributed by atoms with Gasteiger partial charge in [0.25, 0.3) is 0 Å². The number of halogens is 1. The van der Waals surface area contributed by atoms with E-state index in [1.807, 2.05) is 0 Å². The minimum Gasteiger partial charge on any atom is -0.449 e. The number of ether oxygens (including phenoxy) is 1. The predicted molar refractivity (Wildman–Crippen MR) is 54.1 cm³/mol. The first-order valence-corrected chi connectivity index (χ1v) is 4.68. The molecule has 1 aliphatic rings. The van der Waals surface area contributed by atoms with Crippen molar-refractivity contribution in [3.8, 4) is 0 Å². The van der Waals surface area contributed by atoms with Crippen molar-refractivity contribution in [2.24, 2.45) is 0 Å². The van der Waals surface area contributed by atoms with Crippen LogP contribution in [0.4, 0.5) is 20.6 Å². The van der Waals surface area contributed by atoms with E-state index in [1.54, 1.807) is 0 Å². The maximum atomic E-state index is 13.0. The van der Waals surface area contributed by atoms with Crippen LogP contribution in [0.15, 0.2) is 18.2 Å². The molecule has 1 aliphatic heterocycles. The Kier molecular flexibility index (Phi) is 2.45. The number of benzene rings is 1. The predicted octanol–water partition coefficient (Wildman–Crippen LogP) is 1.75. The van der Waals surface area contributed by atoms with E-state index in [2.05, 4.69) is 0 Å². The number of anilines is 2. The van der Waals surface area contributed by atoms with Crippen LogP contribution in [0.5, 0.6) is 0 Å². The number of hydrogen-bond acceptors (Lipinski definition) is 3. The molecule has 0 aliphatic carbocycles. The molecule has 0 aromatic heterocycles. The highest BCUT2D eigenvalue weighted by Gasteiger charge is 2.23. The van der Waals surface area contributed by atoms with Crippen molar-refractivity contribution in [3.63, 3.8) is 0 Å². The Hall–Kier alpha value is -1.78. The van der Waals surface area contributed by atoms with Crippen LogP contribution in [0.1, 0.15) is 6.42 Å². The summed E-state index contributed by atoms with van der Waals surface area (Å²) in [5.74, 6) is -0.419. The maximum absolute atomic E-state index is 13.0. The standard InChI is InChI=1S/C10H11FN2O2/c11-7-2-3-8(12)9(6-7)13-4-1-5-15-10(13)14/h2-3,6H,1,4-5,12H2. The lowest BCUT2D eigenvalue weighted by Gasteiger charge is -2.27. The molecule has 2 N–H and O–H groups in total. The number of amides is 1. The normalized spacial score (nSPS) is 16.3. The number of nitrogens with zero attached hydrogens (tertiary/aromatic N) is 1. The molecule has 1 aromatic rings. The molecule has 0 radical (unpaired) electrons. The van der Waals surface area contributed by atoms with Crippen LogP contribution in [0, 0.1) is 5.82 Å². The van der Waals surface area contributed by atoms with Crippen LogP contribution >= 0.6 is 0 Å². The molecular weight excluding hydrogens is 199 g/mol. The summed E-state index contributed by atoms with van der Waals surface area (Å²) in [7, 11) is 0. The zero-order valence-electron chi connectivity index (χ0n) is 8.07. The summed E-state index contributed by atoms with van der Waals surface area (Å²) in [6.45, 7) is 0.914. The van der Waals surface area contributed by atoms with Gasteiger partial charge in [-0.3, -0.25) is 4.90 Å². The average Bonchev–Trinajstić information content (AvgIpc) is 2.23. The number of carbonyl (C=O) groups excluding carboxylic acids is 1. The number of nitrogens with two attached hydrogens (primary N) is 1. The van der Waals surface area contributed by atoms with Gasteiger partial charge in [0.2, 0.25) is 0 Å². The van der Waals surface area contributed by atoms with Gasteiger partial charge in [-0.2, -0.15) is 0 Å². The van der Waals surface area contributed by atoms with E-state index in [-0.39, 0.29) is 0 Å². The van der Waals surface area contributed by atoms with Crippen molar-refractivity contribution < 1.29 is 13.9 Å². The van der Waals surface area contributed by atoms with Crippen molar-refractivity contribution in [1.82, 2.24) is 0 Å². The molecule has 0 unspecified atom stereocenters. The Bertz CT molecular complexity index is 395. The number of carbonyl (C=O) groups is 1. The quantitative estimate of drug-likeness (QED) is 0.718.